The van der Waals surface area contributed by atoms with Crippen molar-refractivity contribution in [2.75, 3.05) is 7.11 Å². The molecule has 0 aromatic heterocycles. The molecule has 0 aliphatic rings. The first kappa shape index (κ1) is 13.3. The number of carbonyl (C=O) groups excluding carboxylic acids is 1. The lowest BCUT2D eigenvalue weighted by Gasteiger charge is -2.14. The highest BCUT2D eigenvalue weighted by Gasteiger charge is 2.17. The standard InChI is InChI=1S/C16H16O3/c1-19-16-10-6-5-9-13(16)15(18)11-14(17)12-7-3-2-4-8-12/h2-10,15,18H,11H2,1H3/t15-/m1/s1. The van der Waals surface area contributed by atoms with E-state index >= 15 is 0 Å². The molecule has 0 saturated heterocycles. The van der Waals surface area contributed by atoms with Gasteiger partial charge in [0.25, 0.3) is 0 Å². The number of hydrogen-bond acceptors (Lipinski definition) is 3. The smallest absolute Gasteiger partial charge is 0.165 e. The number of benzene rings is 2. The number of carbonyl (C=O) groups is 1. The lowest BCUT2D eigenvalue weighted by Crippen LogP contribution is -2.08. The molecule has 19 heavy (non-hydrogen) atoms. The molecule has 1 N–H and O–H groups in total. The Bertz CT molecular complexity index is 549. The maximum Gasteiger partial charge on any atom is 0.165 e. The summed E-state index contributed by atoms with van der Waals surface area (Å²) in [6, 6.07) is 16.1. The molecule has 0 aliphatic heterocycles. The van der Waals surface area contributed by atoms with Crippen molar-refractivity contribution >= 4 is 5.78 Å². The summed E-state index contributed by atoms with van der Waals surface area (Å²) in [5.74, 6) is 0.509. The van der Waals surface area contributed by atoms with Crippen LogP contribution in [0.3, 0.4) is 0 Å². The fourth-order valence-corrected chi connectivity index (χ4v) is 1.97. The average Bonchev–Trinajstić information content (AvgIpc) is 2.48. The van der Waals surface area contributed by atoms with Crippen molar-refractivity contribution in [1.29, 1.82) is 0 Å². The van der Waals surface area contributed by atoms with Gasteiger partial charge in [-0.1, -0.05) is 48.5 Å². The molecule has 2 rings (SSSR count). The molecule has 0 heterocycles. The number of aliphatic hydroxyl groups is 1. The van der Waals surface area contributed by atoms with E-state index in [1.54, 1.807) is 31.4 Å². The lowest BCUT2D eigenvalue weighted by molar-refractivity contribution is 0.0877. The lowest BCUT2D eigenvalue weighted by atomic mass is 9.99. The maximum absolute atomic E-state index is 12.0. The molecular weight excluding hydrogens is 240 g/mol. The monoisotopic (exact) mass is 256 g/mol. The van der Waals surface area contributed by atoms with Crippen LogP contribution in [-0.4, -0.2) is 18.0 Å². The van der Waals surface area contributed by atoms with Gasteiger partial charge >= 0.3 is 0 Å². The Balaban J connectivity index is 2.13. The van der Waals surface area contributed by atoms with Crippen molar-refractivity contribution in [3.63, 3.8) is 0 Å². The number of methoxy groups -OCH3 is 1. The van der Waals surface area contributed by atoms with Crippen LogP contribution < -0.4 is 4.74 Å². The topological polar surface area (TPSA) is 46.5 Å². The number of Topliss-reactive ketones (excluding diaryl/α,β-unsaturated/α-hetero) is 1. The summed E-state index contributed by atoms with van der Waals surface area (Å²) in [6.45, 7) is 0. The maximum atomic E-state index is 12.0. The van der Waals surface area contributed by atoms with E-state index in [2.05, 4.69) is 0 Å². The van der Waals surface area contributed by atoms with Gasteiger partial charge in [0.1, 0.15) is 5.75 Å². The number of rotatable bonds is 5. The van der Waals surface area contributed by atoms with Gasteiger partial charge in [-0.2, -0.15) is 0 Å². The normalized spacial score (nSPS) is 11.9. The third kappa shape index (κ3) is 3.20. The Labute approximate surface area is 112 Å². The van der Waals surface area contributed by atoms with Crippen molar-refractivity contribution in [2.45, 2.75) is 12.5 Å². The van der Waals surface area contributed by atoms with Crippen LogP contribution in [0.2, 0.25) is 0 Å². The Hall–Kier alpha value is -2.13. The van der Waals surface area contributed by atoms with Crippen LogP contribution in [0.25, 0.3) is 0 Å². The Morgan fingerprint density at radius 1 is 1.11 bits per heavy atom. The minimum absolute atomic E-state index is 0.0460. The highest BCUT2D eigenvalue weighted by Crippen LogP contribution is 2.27. The second-order valence-corrected chi connectivity index (χ2v) is 4.25. The molecule has 0 spiro atoms. The zero-order valence-corrected chi connectivity index (χ0v) is 10.7. The van der Waals surface area contributed by atoms with E-state index in [0.717, 1.165) is 0 Å². The summed E-state index contributed by atoms with van der Waals surface area (Å²) in [5, 5.41) is 10.2. The largest absolute Gasteiger partial charge is 0.496 e. The molecule has 0 saturated carbocycles. The van der Waals surface area contributed by atoms with Crippen LogP contribution >= 0.6 is 0 Å². The van der Waals surface area contributed by atoms with E-state index in [-0.39, 0.29) is 12.2 Å². The molecule has 0 amide bonds. The fraction of sp³-hybridized carbons (Fsp3) is 0.188. The van der Waals surface area contributed by atoms with Gasteiger partial charge in [-0.25, -0.2) is 0 Å². The molecule has 0 unspecified atom stereocenters. The van der Waals surface area contributed by atoms with Gasteiger partial charge in [-0.3, -0.25) is 4.79 Å². The molecule has 2 aromatic carbocycles. The number of aliphatic hydroxyl groups excluding tert-OH is 1. The van der Waals surface area contributed by atoms with Gasteiger partial charge in [0.05, 0.1) is 13.2 Å². The molecule has 3 nitrogen and oxygen atoms in total. The van der Waals surface area contributed by atoms with E-state index in [1.807, 2.05) is 30.3 Å². The van der Waals surface area contributed by atoms with Crippen LogP contribution in [0.1, 0.15) is 28.4 Å². The molecular formula is C16H16O3. The third-order valence-corrected chi connectivity index (χ3v) is 2.97. The first-order valence-corrected chi connectivity index (χ1v) is 6.11. The second-order valence-electron chi connectivity index (χ2n) is 4.25. The first-order chi connectivity index (χ1) is 9.22. The number of para-hydroxylation sites is 1. The van der Waals surface area contributed by atoms with Gasteiger partial charge in [0.2, 0.25) is 0 Å². The molecule has 0 radical (unpaired) electrons. The van der Waals surface area contributed by atoms with Gasteiger partial charge < -0.3 is 9.84 Å². The van der Waals surface area contributed by atoms with Gasteiger partial charge in [0.15, 0.2) is 5.78 Å². The zero-order valence-electron chi connectivity index (χ0n) is 10.7. The van der Waals surface area contributed by atoms with Gasteiger partial charge in [-0.15, -0.1) is 0 Å². The summed E-state index contributed by atoms with van der Waals surface area (Å²) in [7, 11) is 1.55. The third-order valence-electron chi connectivity index (χ3n) is 2.97. The molecule has 98 valence electrons. The molecule has 0 bridgehead atoms. The Kier molecular flexibility index (Phi) is 4.31. The summed E-state index contributed by atoms with van der Waals surface area (Å²) < 4.78 is 5.18. The molecule has 1 atom stereocenters. The van der Waals surface area contributed by atoms with Crippen molar-refractivity contribution in [1.82, 2.24) is 0 Å². The fourth-order valence-electron chi connectivity index (χ4n) is 1.97. The van der Waals surface area contributed by atoms with Crippen LogP contribution in [0.5, 0.6) is 5.75 Å². The van der Waals surface area contributed by atoms with E-state index in [4.69, 9.17) is 4.74 Å². The summed E-state index contributed by atoms with van der Waals surface area (Å²) in [5.41, 5.74) is 1.24. The predicted octanol–water partition coefficient (Wildman–Crippen LogP) is 3.00. The second kappa shape index (κ2) is 6.16. The van der Waals surface area contributed by atoms with Crippen molar-refractivity contribution in [3.05, 3.63) is 65.7 Å². The van der Waals surface area contributed by atoms with E-state index in [1.165, 1.54) is 0 Å². The summed E-state index contributed by atoms with van der Waals surface area (Å²) in [4.78, 5) is 12.0. The molecule has 0 aliphatic carbocycles. The van der Waals surface area contributed by atoms with E-state index in [9.17, 15) is 9.90 Å². The van der Waals surface area contributed by atoms with Crippen molar-refractivity contribution in [2.24, 2.45) is 0 Å². The SMILES string of the molecule is COc1ccccc1[C@H](O)CC(=O)c1ccccc1. The Morgan fingerprint density at radius 2 is 1.74 bits per heavy atom. The highest BCUT2D eigenvalue weighted by molar-refractivity contribution is 5.96. The van der Waals surface area contributed by atoms with Crippen LogP contribution in [0.15, 0.2) is 54.6 Å². The van der Waals surface area contributed by atoms with Crippen LogP contribution in [0, 0.1) is 0 Å². The average molecular weight is 256 g/mol. The first-order valence-electron chi connectivity index (χ1n) is 6.11. The highest BCUT2D eigenvalue weighted by atomic mass is 16.5. The minimum Gasteiger partial charge on any atom is -0.496 e. The minimum atomic E-state index is -0.858. The molecule has 3 heteroatoms. The number of hydrogen-bond donors (Lipinski definition) is 1. The molecule has 2 aromatic rings. The van der Waals surface area contributed by atoms with E-state index < -0.39 is 6.10 Å². The Morgan fingerprint density at radius 3 is 2.42 bits per heavy atom. The van der Waals surface area contributed by atoms with Crippen LogP contribution in [-0.2, 0) is 0 Å². The predicted molar refractivity (Wildman–Crippen MR) is 73.3 cm³/mol. The molecule has 0 fully saturated rings. The van der Waals surface area contributed by atoms with E-state index in [0.29, 0.717) is 16.9 Å². The number of ether oxygens (including phenoxy) is 1. The van der Waals surface area contributed by atoms with Gasteiger partial charge in [0, 0.05) is 17.5 Å². The summed E-state index contributed by atoms with van der Waals surface area (Å²) in [6.07, 6.45) is -0.812. The van der Waals surface area contributed by atoms with Crippen molar-refractivity contribution in [3.8, 4) is 5.75 Å². The zero-order chi connectivity index (χ0) is 13.7. The van der Waals surface area contributed by atoms with Crippen molar-refractivity contribution < 1.29 is 14.6 Å². The number of ketones is 1. The van der Waals surface area contributed by atoms with Gasteiger partial charge in [-0.05, 0) is 6.07 Å². The quantitative estimate of drug-likeness (QED) is 0.836. The van der Waals surface area contributed by atoms with Crippen LogP contribution in [0.4, 0.5) is 0 Å². The summed E-state index contributed by atoms with van der Waals surface area (Å²) >= 11 is 0.